The van der Waals surface area contributed by atoms with Gasteiger partial charge in [-0.15, -0.1) is 0 Å². The van der Waals surface area contributed by atoms with Crippen LogP contribution in [0.4, 0.5) is 13.2 Å². The number of hydrogen-bond acceptors (Lipinski definition) is 7. The summed E-state index contributed by atoms with van der Waals surface area (Å²) >= 11 is 0. The van der Waals surface area contributed by atoms with Gasteiger partial charge in [0.25, 0.3) is 5.89 Å². The van der Waals surface area contributed by atoms with Crippen molar-refractivity contribution in [3.8, 4) is 0 Å². The van der Waals surface area contributed by atoms with Crippen LogP contribution in [0.3, 0.4) is 0 Å². The molecule has 136 valence electrons. The van der Waals surface area contributed by atoms with E-state index < -0.39 is 32.4 Å². The Morgan fingerprint density at radius 2 is 2.08 bits per heavy atom. The Kier molecular flexibility index (Phi) is 4.08. The molecule has 8 nitrogen and oxygen atoms in total. The van der Waals surface area contributed by atoms with E-state index in [9.17, 15) is 26.7 Å². The van der Waals surface area contributed by atoms with Crippen molar-refractivity contribution in [1.29, 1.82) is 0 Å². The Bertz CT molecular complexity index is 881. The molecule has 0 bridgehead atoms. The number of hydrogen-bond donors (Lipinski definition) is 1. The molecule has 0 spiro atoms. The average Bonchev–Trinajstić information content (AvgIpc) is 3.14. The van der Waals surface area contributed by atoms with Crippen LogP contribution in [0.15, 0.2) is 27.7 Å². The molecular formula is C13H13F3N4O4S. The lowest BCUT2D eigenvalue weighted by Crippen LogP contribution is -2.34. The highest BCUT2D eigenvalue weighted by Crippen LogP contribution is 2.34. The van der Waals surface area contributed by atoms with Crippen molar-refractivity contribution in [3.05, 3.63) is 35.7 Å². The quantitative estimate of drug-likeness (QED) is 0.851. The zero-order chi connectivity index (χ0) is 18.5. The van der Waals surface area contributed by atoms with Crippen LogP contribution in [0.2, 0.25) is 0 Å². The molecular weight excluding hydrogens is 365 g/mol. The third-order valence-corrected chi connectivity index (χ3v) is 5.63. The lowest BCUT2D eigenvalue weighted by atomic mass is 10.0. The van der Waals surface area contributed by atoms with Crippen LogP contribution in [0.1, 0.15) is 23.8 Å². The average molecular weight is 378 g/mol. The number of halogens is 3. The van der Waals surface area contributed by atoms with Gasteiger partial charge in [-0.3, -0.25) is 4.98 Å². The number of β-amino-alcohol motifs (C(OH)–C–C–N with tert-alkyl or cyclic N) is 1. The number of rotatable bonds is 3. The third-order valence-electron chi connectivity index (χ3n) is 3.80. The first kappa shape index (κ1) is 17.8. The first-order chi connectivity index (χ1) is 11.5. The summed E-state index contributed by atoms with van der Waals surface area (Å²) in [6.45, 7) is 1.15. The van der Waals surface area contributed by atoms with Gasteiger partial charge in [-0.05, 0) is 19.1 Å². The van der Waals surface area contributed by atoms with Gasteiger partial charge in [-0.1, -0.05) is 5.16 Å². The van der Waals surface area contributed by atoms with Gasteiger partial charge in [0.1, 0.15) is 10.6 Å². The monoisotopic (exact) mass is 378 g/mol. The van der Waals surface area contributed by atoms with E-state index in [0.29, 0.717) is 12.3 Å². The minimum absolute atomic E-state index is 0.0158. The van der Waals surface area contributed by atoms with Crippen LogP contribution in [0, 0.1) is 6.92 Å². The van der Waals surface area contributed by atoms with Crippen molar-refractivity contribution in [1.82, 2.24) is 19.4 Å². The summed E-state index contributed by atoms with van der Waals surface area (Å²) in [6.07, 6.45) is -4.00. The molecule has 25 heavy (non-hydrogen) atoms. The van der Waals surface area contributed by atoms with Crippen LogP contribution in [-0.2, 0) is 21.8 Å². The van der Waals surface area contributed by atoms with E-state index in [2.05, 4.69) is 15.1 Å². The van der Waals surface area contributed by atoms with Crippen molar-refractivity contribution in [3.63, 3.8) is 0 Å². The molecule has 3 heterocycles. The first-order valence-electron chi connectivity index (χ1n) is 7.09. The summed E-state index contributed by atoms with van der Waals surface area (Å²) in [4.78, 5) is 6.66. The fraction of sp³-hybridized carbons (Fsp3) is 0.462. The highest BCUT2D eigenvalue weighted by Gasteiger charge is 2.46. The van der Waals surface area contributed by atoms with E-state index in [4.69, 9.17) is 4.52 Å². The van der Waals surface area contributed by atoms with E-state index in [0.717, 1.165) is 10.4 Å². The van der Waals surface area contributed by atoms with Gasteiger partial charge in [0.05, 0.1) is 6.54 Å². The topological polar surface area (TPSA) is 109 Å². The summed E-state index contributed by atoms with van der Waals surface area (Å²) < 4.78 is 68.5. The van der Waals surface area contributed by atoms with Crippen molar-refractivity contribution >= 4 is 10.0 Å². The predicted molar refractivity (Wildman–Crippen MR) is 75.5 cm³/mol. The lowest BCUT2D eigenvalue weighted by Gasteiger charge is -2.19. The van der Waals surface area contributed by atoms with Crippen LogP contribution in [0.25, 0.3) is 0 Å². The minimum Gasteiger partial charge on any atom is -0.379 e. The van der Waals surface area contributed by atoms with Gasteiger partial charge in [-0.2, -0.15) is 22.5 Å². The van der Waals surface area contributed by atoms with Gasteiger partial charge >= 0.3 is 6.18 Å². The number of aryl methyl sites for hydroxylation is 1. The maximum absolute atomic E-state index is 12.5. The number of aliphatic hydroxyl groups is 1. The number of alkyl halides is 3. The smallest absolute Gasteiger partial charge is 0.379 e. The van der Waals surface area contributed by atoms with Crippen LogP contribution in [0.5, 0.6) is 0 Å². The number of sulfonamides is 1. The molecule has 2 aromatic rings. The summed E-state index contributed by atoms with van der Waals surface area (Å²) in [5, 5.41) is 14.1. The Morgan fingerprint density at radius 1 is 1.36 bits per heavy atom. The fourth-order valence-corrected chi connectivity index (χ4v) is 3.91. The molecule has 1 aliphatic rings. The summed E-state index contributed by atoms with van der Waals surface area (Å²) in [5.41, 5.74) is -2.83. The molecule has 1 N–H and O–H groups in total. The highest BCUT2D eigenvalue weighted by atomic mass is 32.2. The van der Waals surface area contributed by atoms with Gasteiger partial charge in [0, 0.05) is 19.2 Å². The van der Waals surface area contributed by atoms with Crippen LogP contribution < -0.4 is 0 Å². The molecule has 1 aliphatic heterocycles. The second kappa shape index (κ2) is 5.75. The van der Waals surface area contributed by atoms with E-state index in [1.54, 1.807) is 6.92 Å². The predicted octanol–water partition coefficient (Wildman–Crippen LogP) is 1.07. The molecule has 3 rings (SSSR count). The zero-order valence-corrected chi connectivity index (χ0v) is 13.7. The number of pyridine rings is 1. The Labute approximate surface area is 140 Å². The Balaban J connectivity index is 1.84. The Morgan fingerprint density at radius 3 is 2.60 bits per heavy atom. The molecule has 0 amide bonds. The second-order valence-electron chi connectivity index (χ2n) is 5.64. The van der Waals surface area contributed by atoms with Gasteiger partial charge in [0.2, 0.25) is 10.0 Å². The van der Waals surface area contributed by atoms with Crippen molar-refractivity contribution in [2.75, 3.05) is 13.1 Å². The molecule has 2 aromatic heterocycles. The summed E-state index contributed by atoms with van der Waals surface area (Å²) in [5.74, 6) is 0.185. The Hall–Kier alpha value is -2.05. The molecule has 0 saturated carbocycles. The molecule has 12 heteroatoms. The summed E-state index contributed by atoms with van der Waals surface area (Å²) in [7, 11) is -4.12. The van der Waals surface area contributed by atoms with Crippen LogP contribution >= 0.6 is 0 Å². The molecule has 1 atom stereocenters. The molecule has 1 saturated heterocycles. The fourth-order valence-electron chi connectivity index (χ4n) is 2.47. The van der Waals surface area contributed by atoms with Crippen LogP contribution in [-0.4, -0.2) is 46.0 Å². The van der Waals surface area contributed by atoms with E-state index in [1.807, 2.05) is 0 Å². The molecule has 0 unspecified atom stereocenters. The lowest BCUT2D eigenvalue weighted by molar-refractivity contribution is -0.141. The third kappa shape index (κ3) is 3.24. The van der Waals surface area contributed by atoms with Gasteiger partial charge in [-0.25, -0.2) is 8.42 Å². The zero-order valence-electron chi connectivity index (χ0n) is 12.9. The van der Waals surface area contributed by atoms with Crippen molar-refractivity contribution < 1.29 is 31.2 Å². The van der Waals surface area contributed by atoms with E-state index in [-0.39, 0.29) is 31.2 Å². The largest absolute Gasteiger partial charge is 0.433 e. The van der Waals surface area contributed by atoms with Crippen molar-refractivity contribution in [2.24, 2.45) is 0 Å². The summed E-state index contributed by atoms with van der Waals surface area (Å²) in [6, 6.07) is 1.43. The SMILES string of the molecule is Cc1noc([C@@]2(O)CCN(S(=O)(=O)c3ccc(C(F)(F)F)nc3)C2)n1. The van der Waals surface area contributed by atoms with Gasteiger partial charge in [0.15, 0.2) is 11.4 Å². The second-order valence-corrected chi connectivity index (χ2v) is 7.58. The van der Waals surface area contributed by atoms with E-state index in [1.165, 1.54) is 0 Å². The molecule has 0 aromatic carbocycles. The standard InChI is InChI=1S/C13H13F3N4O4S/c1-8-18-11(24-19-8)12(21)4-5-20(7-12)25(22,23)9-2-3-10(17-6-9)13(14,15)16/h2-3,6,21H,4-5,7H2,1H3/t12-/m1/s1. The molecule has 1 fully saturated rings. The molecule has 0 radical (unpaired) electrons. The highest BCUT2D eigenvalue weighted by molar-refractivity contribution is 7.89. The maximum Gasteiger partial charge on any atom is 0.433 e. The molecule has 0 aliphatic carbocycles. The normalized spacial score (nSPS) is 22.4. The minimum atomic E-state index is -4.66. The number of nitrogens with zero attached hydrogens (tertiary/aromatic N) is 4. The first-order valence-corrected chi connectivity index (χ1v) is 8.53. The van der Waals surface area contributed by atoms with Gasteiger partial charge < -0.3 is 9.63 Å². The number of aromatic nitrogens is 3. The van der Waals surface area contributed by atoms with Crippen molar-refractivity contribution in [2.45, 2.75) is 30.0 Å². The van der Waals surface area contributed by atoms with E-state index >= 15 is 0 Å². The maximum atomic E-state index is 12.5.